The van der Waals surface area contributed by atoms with Crippen LogP contribution in [0.1, 0.15) is 99.9 Å². The molecular weight excluding hydrogens is 376 g/mol. The molecular formula is C26H42S2. The number of aryl methyl sites for hydroxylation is 2. The summed E-state index contributed by atoms with van der Waals surface area (Å²) in [7, 11) is 0. The van der Waals surface area contributed by atoms with Crippen molar-refractivity contribution in [1.29, 1.82) is 0 Å². The molecule has 0 spiro atoms. The Hall–Kier alpha value is -0.600. The summed E-state index contributed by atoms with van der Waals surface area (Å²) >= 11 is 4.07. The molecule has 0 aliphatic rings. The predicted octanol–water partition coefficient (Wildman–Crippen LogP) is 9.61. The average molecular weight is 419 g/mol. The molecule has 0 N–H and O–H groups in total. The van der Waals surface area contributed by atoms with Crippen molar-refractivity contribution in [3.05, 3.63) is 33.0 Å². The minimum Gasteiger partial charge on any atom is -0.139 e. The van der Waals surface area contributed by atoms with E-state index in [-0.39, 0.29) is 0 Å². The van der Waals surface area contributed by atoms with Crippen LogP contribution in [0.15, 0.2) is 12.1 Å². The van der Waals surface area contributed by atoms with Crippen molar-refractivity contribution < 1.29 is 0 Å². The van der Waals surface area contributed by atoms with E-state index in [2.05, 4.69) is 53.7 Å². The van der Waals surface area contributed by atoms with Gasteiger partial charge in [0.05, 0.1) is 0 Å². The number of thiophene rings is 2. The van der Waals surface area contributed by atoms with Crippen molar-refractivity contribution in [3.8, 4) is 9.75 Å². The van der Waals surface area contributed by atoms with Crippen LogP contribution in [0.25, 0.3) is 9.75 Å². The molecule has 2 unspecified atom stereocenters. The Kier molecular flexibility index (Phi) is 10.3. The van der Waals surface area contributed by atoms with E-state index in [4.69, 9.17) is 0 Å². The van der Waals surface area contributed by atoms with Crippen molar-refractivity contribution in [2.75, 3.05) is 0 Å². The normalized spacial score (nSPS) is 13.8. The van der Waals surface area contributed by atoms with Gasteiger partial charge in [-0.25, -0.2) is 0 Å². The van der Waals surface area contributed by atoms with E-state index in [1.54, 1.807) is 20.9 Å². The Bertz CT molecular complexity index is 631. The Balaban J connectivity index is 2.27. The molecule has 0 fully saturated rings. The zero-order chi connectivity index (χ0) is 20.5. The summed E-state index contributed by atoms with van der Waals surface area (Å²) in [4.78, 5) is 6.13. The second kappa shape index (κ2) is 12.2. The second-order valence-corrected chi connectivity index (χ2v) is 11.2. The van der Waals surface area contributed by atoms with Gasteiger partial charge in [-0.3, -0.25) is 0 Å². The number of hydrogen-bond donors (Lipinski definition) is 0. The minimum absolute atomic E-state index is 0.838. The average Bonchev–Trinajstić information content (AvgIpc) is 3.23. The topological polar surface area (TPSA) is 0 Å². The molecule has 2 atom stereocenters. The SMILES string of the molecule is CCCCC(CC)Cc1cc(C)sc1-c1sc(C)cc1CC(CC)CCCC. The Morgan fingerprint density at radius 2 is 1.07 bits per heavy atom. The standard InChI is InChI=1S/C26H42S2/c1-7-11-13-21(9-3)17-23-15-19(5)27-25(23)26-24(16-20(6)28-26)18-22(10-4)14-12-8-2/h15-16,21-22H,7-14,17-18H2,1-6H3. The van der Waals surface area contributed by atoms with Crippen LogP contribution in [-0.2, 0) is 12.8 Å². The van der Waals surface area contributed by atoms with Gasteiger partial charge in [-0.1, -0.05) is 79.1 Å². The highest BCUT2D eigenvalue weighted by Gasteiger charge is 2.20. The van der Waals surface area contributed by atoms with Gasteiger partial charge in [-0.15, -0.1) is 22.7 Å². The van der Waals surface area contributed by atoms with Crippen molar-refractivity contribution in [2.45, 2.75) is 106 Å². The van der Waals surface area contributed by atoms with Crippen LogP contribution in [0.5, 0.6) is 0 Å². The van der Waals surface area contributed by atoms with Crippen LogP contribution < -0.4 is 0 Å². The Labute approximate surface area is 182 Å². The summed E-state index contributed by atoms with van der Waals surface area (Å²) in [6, 6.07) is 4.98. The van der Waals surface area contributed by atoms with Gasteiger partial charge in [0.1, 0.15) is 0 Å². The zero-order valence-electron chi connectivity index (χ0n) is 19.2. The van der Waals surface area contributed by atoms with Gasteiger partial charge in [-0.2, -0.15) is 0 Å². The molecule has 2 heteroatoms. The number of unbranched alkanes of at least 4 members (excludes halogenated alkanes) is 2. The van der Waals surface area contributed by atoms with Crippen LogP contribution in [0.2, 0.25) is 0 Å². The minimum atomic E-state index is 0.838. The molecule has 0 aliphatic carbocycles. The van der Waals surface area contributed by atoms with Crippen molar-refractivity contribution in [3.63, 3.8) is 0 Å². The fourth-order valence-electron chi connectivity index (χ4n) is 4.33. The van der Waals surface area contributed by atoms with Gasteiger partial charge >= 0.3 is 0 Å². The van der Waals surface area contributed by atoms with E-state index in [0.717, 1.165) is 11.8 Å². The van der Waals surface area contributed by atoms with Crippen molar-refractivity contribution in [1.82, 2.24) is 0 Å². The summed E-state index contributed by atoms with van der Waals surface area (Å²) in [5, 5.41) is 0. The summed E-state index contributed by atoms with van der Waals surface area (Å²) in [5.41, 5.74) is 3.24. The number of rotatable bonds is 13. The summed E-state index contributed by atoms with van der Waals surface area (Å²) in [6.45, 7) is 14.0. The van der Waals surface area contributed by atoms with Crippen LogP contribution in [0, 0.1) is 25.7 Å². The largest absolute Gasteiger partial charge is 0.139 e. The molecule has 28 heavy (non-hydrogen) atoms. The van der Waals surface area contributed by atoms with Crippen LogP contribution >= 0.6 is 22.7 Å². The lowest BCUT2D eigenvalue weighted by Crippen LogP contribution is -2.05. The monoisotopic (exact) mass is 418 g/mol. The lowest BCUT2D eigenvalue weighted by atomic mass is 9.90. The highest BCUT2D eigenvalue weighted by molar-refractivity contribution is 7.22. The summed E-state index contributed by atoms with van der Waals surface area (Å²) in [5.74, 6) is 1.68. The molecule has 0 bridgehead atoms. The molecule has 2 rings (SSSR count). The van der Waals surface area contributed by atoms with E-state index >= 15 is 0 Å². The molecule has 0 radical (unpaired) electrons. The van der Waals surface area contributed by atoms with Crippen LogP contribution in [0.3, 0.4) is 0 Å². The molecule has 0 amide bonds. The lowest BCUT2D eigenvalue weighted by Gasteiger charge is -2.16. The summed E-state index contributed by atoms with van der Waals surface area (Å²) in [6.07, 6.45) is 13.3. The van der Waals surface area contributed by atoms with Gasteiger partial charge in [0.2, 0.25) is 0 Å². The maximum absolute atomic E-state index is 2.49. The molecule has 2 heterocycles. The smallest absolute Gasteiger partial charge is 0.0480 e. The number of hydrogen-bond acceptors (Lipinski definition) is 2. The highest BCUT2D eigenvalue weighted by Crippen LogP contribution is 2.42. The van der Waals surface area contributed by atoms with E-state index in [9.17, 15) is 0 Å². The fourth-order valence-corrected chi connectivity index (χ4v) is 6.62. The first-order valence-corrected chi connectivity index (χ1v) is 13.3. The maximum atomic E-state index is 2.49. The molecule has 0 saturated heterocycles. The lowest BCUT2D eigenvalue weighted by molar-refractivity contribution is 0.449. The molecule has 0 nitrogen and oxygen atoms in total. The molecule has 2 aromatic heterocycles. The van der Waals surface area contributed by atoms with Crippen molar-refractivity contribution >= 4 is 22.7 Å². The van der Waals surface area contributed by atoms with E-state index in [1.807, 2.05) is 22.7 Å². The molecule has 0 aliphatic heterocycles. The Morgan fingerprint density at radius 3 is 1.39 bits per heavy atom. The van der Waals surface area contributed by atoms with Crippen LogP contribution in [-0.4, -0.2) is 0 Å². The maximum Gasteiger partial charge on any atom is 0.0480 e. The third-order valence-corrected chi connectivity index (χ3v) is 8.52. The van der Waals surface area contributed by atoms with Gasteiger partial charge in [0.25, 0.3) is 0 Å². The highest BCUT2D eigenvalue weighted by atomic mass is 32.1. The first kappa shape index (κ1) is 23.7. The van der Waals surface area contributed by atoms with Gasteiger partial charge in [0, 0.05) is 19.5 Å². The van der Waals surface area contributed by atoms with Crippen molar-refractivity contribution in [2.24, 2.45) is 11.8 Å². The molecule has 2 aromatic rings. The first-order chi connectivity index (χ1) is 13.5. The van der Waals surface area contributed by atoms with Gasteiger partial charge in [-0.05, 0) is 61.8 Å². The van der Waals surface area contributed by atoms with Gasteiger partial charge < -0.3 is 0 Å². The van der Waals surface area contributed by atoms with E-state index in [0.29, 0.717) is 0 Å². The predicted molar refractivity (Wildman–Crippen MR) is 131 cm³/mol. The second-order valence-electron chi connectivity index (χ2n) is 8.66. The molecule has 0 saturated carbocycles. The third-order valence-electron chi connectivity index (χ3n) is 6.17. The molecule has 0 aromatic carbocycles. The van der Waals surface area contributed by atoms with Crippen LogP contribution in [0.4, 0.5) is 0 Å². The molecule has 158 valence electrons. The summed E-state index contributed by atoms with van der Waals surface area (Å²) < 4.78 is 0. The zero-order valence-corrected chi connectivity index (χ0v) is 20.8. The quantitative estimate of drug-likeness (QED) is 0.303. The first-order valence-electron chi connectivity index (χ1n) is 11.7. The van der Waals surface area contributed by atoms with E-state index in [1.165, 1.54) is 74.0 Å². The fraction of sp³-hybridized carbons (Fsp3) is 0.692. The van der Waals surface area contributed by atoms with E-state index < -0.39 is 0 Å². The van der Waals surface area contributed by atoms with Gasteiger partial charge in [0.15, 0.2) is 0 Å². The Morgan fingerprint density at radius 1 is 0.679 bits per heavy atom. The third kappa shape index (κ3) is 6.73.